The van der Waals surface area contributed by atoms with Gasteiger partial charge in [-0.3, -0.25) is 14.4 Å². The van der Waals surface area contributed by atoms with Crippen molar-refractivity contribution in [1.82, 2.24) is 9.80 Å². The van der Waals surface area contributed by atoms with Crippen molar-refractivity contribution in [3.63, 3.8) is 0 Å². The number of methoxy groups -OCH3 is 1. The minimum absolute atomic E-state index is 0.0475. The van der Waals surface area contributed by atoms with Crippen LogP contribution >= 0.6 is 0 Å². The molecule has 0 aromatic heterocycles. The lowest BCUT2D eigenvalue weighted by Gasteiger charge is -2.28. The summed E-state index contributed by atoms with van der Waals surface area (Å²) in [6.07, 6.45) is 0.303. The Morgan fingerprint density at radius 3 is 2.19 bits per heavy atom. The van der Waals surface area contributed by atoms with Crippen LogP contribution in [-0.2, 0) is 14.3 Å². The molecule has 0 radical (unpaired) electrons. The Balaban J connectivity index is 2.69. The molecule has 0 aliphatic heterocycles. The normalized spacial score (nSPS) is 11.9. The predicted molar refractivity (Wildman–Crippen MR) is 106 cm³/mol. The molecule has 0 saturated carbocycles. The van der Waals surface area contributed by atoms with E-state index in [1.54, 1.807) is 24.0 Å². The minimum atomic E-state index is -0.402. The van der Waals surface area contributed by atoms with Crippen LogP contribution in [0.1, 0.15) is 44.0 Å². The van der Waals surface area contributed by atoms with Gasteiger partial charge in [-0.1, -0.05) is 51.1 Å². The fourth-order valence-electron chi connectivity index (χ4n) is 2.87. The Bertz CT molecular complexity index is 599. The summed E-state index contributed by atoms with van der Waals surface area (Å²) in [5.74, 6) is -0.896. The van der Waals surface area contributed by atoms with E-state index in [1.807, 2.05) is 18.2 Å². The van der Waals surface area contributed by atoms with Crippen molar-refractivity contribution in [2.75, 3.05) is 39.8 Å². The Labute approximate surface area is 162 Å². The second-order valence-corrected chi connectivity index (χ2v) is 6.58. The maximum absolute atomic E-state index is 12.7. The average Bonchev–Trinajstić information content (AvgIpc) is 2.71. The smallest absolute Gasteiger partial charge is 0.310 e. The molecule has 150 valence electrons. The summed E-state index contributed by atoms with van der Waals surface area (Å²) in [4.78, 5) is 40.6. The van der Waals surface area contributed by atoms with Gasteiger partial charge in [0.2, 0.25) is 5.91 Å². The first-order chi connectivity index (χ1) is 12.9. The summed E-state index contributed by atoms with van der Waals surface area (Å²) in [7, 11) is 1.35. The second kappa shape index (κ2) is 12.2. The monoisotopic (exact) mass is 376 g/mol. The zero-order valence-electron chi connectivity index (χ0n) is 16.9. The van der Waals surface area contributed by atoms with Gasteiger partial charge in [0, 0.05) is 38.0 Å². The number of carbonyl (C=O) groups is 3. The molecule has 0 saturated heterocycles. The van der Waals surface area contributed by atoms with Gasteiger partial charge in [0.1, 0.15) is 0 Å². The van der Waals surface area contributed by atoms with Gasteiger partial charge in [-0.2, -0.15) is 0 Å². The number of ketones is 1. The highest BCUT2D eigenvalue weighted by Crippen LogP contribution is 2.10. The lowest BCUT2D eigenvalue weighted by Crippen LogP contribution is -2.42. The molecule has 1 unspecified atom stereocenters. The quantitative estimate of drug-likeness (QED) is 0.414. The van der Waals surface area contributed by atoms with Crippen molar-refractivity contribution >= 4 is 17.7 Å². The van der Waals surface area contributed by atoms with Crippen molar-refractivity contribution in [2.24, 2.45) is 5.92 Å². The number of carbonyl (C=O) groups excluding carboxylic acids is 3. The van der Waals surface area contributed by atoms with Crippen molar-refractivity contribution in [1.29, 1.82) is 0 Å². The number of Topliss-reactive ketones (excluding diaryl/α,β-unsaturated/α-hetero) is 1. The predicted octanol–water partition coefficient (Wildman–Crippen LogP) is 2.63. The Morgan fingerprint density at radius 1 is 1.00 bits per heavy atom. The molecule has 0 heterocycles. The van der Waals surface area contributed by atoms with Gasteiger partial charge < -0.3 is 14.5 Å². The number of benzene rings is 1. The van der Waals surface area contributed by atoms with Crippen LogP contribution in [0.25, 0.3) is 0 Å². The van der Waals surface area contributed by atoms with Crippen LogP contribution in [0.15, 0.2) is 30.3 Å². The molecule has 0 bridgehead atoms. The van der Waals surface area contributed by atoms with E-state index in [2.05, 4.69) is 18.7 Å². The number of likely N-dealkylation sites (N-methyl/N-ethyl adjacent to an activating group) is 1. The zero-order chi connectivity index (χ0) is 20.2. The van der Waals surface area contributed by atoms with Crippen LogP contribution in [0.5, 0.6) is 0 Å². The number of hydrogen-bond donors (Lipinski definition) is 0. The SMILES string of the molecule is CCN(CC)CCN(CC(C)C(=O)OC)C(=O)CCC(=O)c1ccccc1. The van der Waals surface area contributed by atoms with E-state index < -0.39 is 5.92 Å². The molecule has 1 aromatic carbocycles. The molecule has 1 rings (SSSR count). The van der Waals surface area contributed by atoms with Gasteiger partial charge in [0.25, 0.3) is 0 Å². The maximum atomic E-state index is 12.7. The number of hydrogen-bond acceptors (Lipinski definition) is 5. The van der Waals surface area contributed by atoms with E-state index >= 15 is 0 Å². The molecule has 6 nitrogen and oxygen atoms in total. The molecule has 1 atom stereocenters. The van der Waals surface area contributed by atoms with Gasteiger partial charge >= 0.3 is 5.97 Å². The number of ether oxygens (including phenoxy) is 1. The van der Waals surface area contributed by atoms with Crippen LogP contribution in [0, 0.1) is 5.92 Å². The van der Waals surface area contributed by atoms with Crippen LogP contribution in [-0.4, -0.2) is 67.3 Å². The van der Waals surface area contributed by atoms with Crippen LogP contribution in [0.4, 0.5) is 0 Å². The minimum Gasteiger partial charge on any atom is -0.469 e. The largest absolute Gasteiger partial charge is 0.469 e. The number of esters is 1. The lowest BCUT2D eigenvalue weighted by molar-refractivity contribution is -0.146. The molecule has 0 aliphatic carbocycles. The molecular formula is C21H32N2O4. The van der Waals surface area contributed by atoms with E-state index in [9.17, 15) is 14.4 Å². The van der Waals surface area contributed by atoms with Gasteiger partial charge in [0.15, 0.2) is 5.78 Å². The van der Waals surface area contributed by atoms with Crippen molar-refractivity contribution in [3.8, 4) is 0 Å². The van der Waals surface area contributed by atoms with E-state index in [0.29, 0.717) is 18.7 Å². The van der Waals surface area contributed by atoms with Crippen molar-refractivity contribution in [2.45, 2.75) is 33.6 Å². The molecule has 27 heavy (non-hydrogen) atoms. The Morgan fingerprint density at radius 2 is 1.63 bits per heavy atom. The van der Waals surface area contributed by atoms with E-state index in [0.717, 1.165) is 19.6 Å². The molecular weight excluding hydrogens is 344 g/mol. The fourth-order valence-corrected chi connectivity index (χ4v) is 2.87. The summed E-state index contributed by atoms with van der Waals surface area (Å²) in [5.41, 5.74) is 0.614. The maximum Gasteiger partial charge on any atom is 0.310 e. The number of rotatable bonds is 12. The fraction of sp³-hybridized carbons (Fsp3) is 0.571. The Kier molecular flexibility index (Phi) is 10.3. The molecule has 0 N–H and O–H groups in total. The Hall–Kier alpha value is -2.21. The summed E-state index contributed by atoms with van der Waals surface area (Å²) >= 11 is 0. The lowest BCUT2D eigenvalue weighted by atomic mass is 10.1. The summed E-state index contributed by atoms with van der Waals surface area (Å²) in [6, 6.07) is 8.98. The average molecular weight is 376 g/mol. The molecule has 1 amide bonds. The van der Waals surface area contributed by atoms with Crippen molar-refractivity contribution in [3.05, 3.63) is 35.9 Å². The second-order valence-electron chi connectivity index (χ2n) is 6.58. The van der Waals surface area contributed by atoms with Gasteiger partial charge in [0.05, 0.1) is 13.0 Å². The molecule has 6 heteroatoms. The number of amides is 1. The third-order valence-corrected chi connectivity index (χ3v) is 4.69. The zero-order valence-corrected chi connectivity index (χ0v) is 16.9. The summed E-state index contributed by atoms with van der Waals surface area (Å²) in [5, 5.41) is 0. The molecule has 0 spiro atoms. The van der Waals surface area contributed by atoms with Crippen LogP contribution in [0.3, 0.4) is 0 Å². The highest BCUT2D eigenvalue weighted by atomic mass is 16.5. The van der Waals surface area contributed by atoms with Gasteiger partial charge in [-0.25, -0.2) is 0 Å². The highest BCUT2D eigenvalue weighted by molar-refractivity contribution is 5.97. The van der Waals surface area contributed by atoms with E-state index in [-0.39, 0.29) is 30.5 Å². The first-order valence-corrected chi connectivity index (χ1v) is 9.59. The third kappa shape index (κ3) is 7.91. The molecule has 1 aromatic rings. The first kappa shape index (κ1) is 22.8. The topological polar surface area (TPSA) is 66.9 Å². The number of nitrogens with zero attached hydrogens (tertiary/aromatic N) is 2. The van der Waals surface area contributed by atoms with Gasteiger partial charge in [-0.05, 0) is 13.1 Å². The molecule has 0 aliphatic rings. The third-order valence-electron chi connectivity index (χ3n) is 4.69. The van der Waals surface area contributed by atoms with E-state index in [4.69, 9.17) is 4.74 Å². The van der Waals surface area contributed by atoms with E-state index in [1.165, 1.54) is 7.11 Å². The van der Waals surface area contributed by atoms with Gasteiger partial charge in [-0.15, -0.1) is 0 Å². The van der Waals surface area contributed by atoms with Crippen LogP contribution < -0.4 is 0 Å². The summed E-state index contributed by atoms with van der Waals surface area (Å²) < 4.78 is 4.78. The molecule has 0 fully saturated rings. The highest BCUT2D eigenvalue weighted by Gasteiger charge is 2.22. The standard InChI is InChI=1S/C21H32N2O4/c1-5-22(6-2)14-15-23(16-17(3)21(26)27-4)20(25)13-12-19(24)18-10-8-7-9-11-18/h7-11,17H,5-6,12-16H2,1-4H3. The summed E-state index contributed by atoms with van der Waals surface area (Å²) in [6.45, 7) is 9.26. The first-order valence-electron chi connectivity index (χ1n) is 9.59. The van der Waals surface area contributed by atoms with Crippen LogP contribution in [0.2, 0.25) is 0 Å². The van der Waals surface area contributed by atoms with Crippen molar-refractivity contribution < 1.29 is 19.1 Å².